The number of carbonyl (C=O) groups is 2. The van der Waals surface area contributed by atoms with Crippen LogP contribution in [0.2, 0.25) is 0 Å². The molecule has 2 atom stereocenters. The fraction of sp³-hybridized carbons (Fsp3) is 0.500. The van der Waals surface area contributed by atoms with Crippen LogP contribution in [0.5, 0.6) is 0 Å². The van der Waals surface area contributed by atoms with Crippen LogP contribution in [0.15, 0.2) is 28.7 Å². The maximum atomic E-state index is 12.6. The third kappa shape index (κ3) is 3.80. The van der Waals surface area contributed by atoms with Crippen molar-refractivity contribution in [2.75, 3.05) is 18.1 Å². The number of hydrogen-bond donors (Lipinski definition) is 1. The van der Waals surface area contributed by atoms with Crippen molar-refractivity contribution in [1.82, 2.24) is 10.2 Å². The molecular formula is C16H19BrN2O4S. The van der Waals surface area contributed by atoms with E-state index in [9.17, 15) is 18.0 Å². The Bertz CT molecular complexity index is 748. The highest BCUT2D eigenvalue weighted by atomic mass is 79.9. The summed E-state index contributed by atoms with van der Waals surface area (Å²) in [7, 11) is -3.04. The van der Waals surface area contributed by atoms with Crippen molar-refractivity contribution in [3.8, 4) is 0 Å². The summed E-state index contributed by atoms with van der Waals surface area (Å²) < 4.78 is 23.9. The van der Waals surface area contributed by atoms with Gasteiger partial charge < -0.3 is 10.2 Å². The van der Waals surface area contributed by atoms with Crippen molar-refractivity contribution >= 4 is 37.6 Å². The maximum Gasteiger partial charge on any atom is 0.254 e. The van der Waals surface area contributed by atoms with E-state index in [0.717, 1.165) is 10.9 Å². The van der Waals surface area contributed by atoms with Gasteiger partial charge in [0.15, 0.2) is 9.84 Å². The molecule has 2 heterocycles. The number of amides is 2. The van der Waals surface area contributed by atoms with Crippen molar-refractivity contribution in [3.63, 3.8) is 0 Å². The zero-order chi connectivity index (χ0) is 17.3. The molecular weight excluding hydrogens is 396 g/mol. The molecule has 1 aromatic rings. The molecule has 0 aliphatic carbocycles. The van der Waals surface area contributed by atoms with Crippen LogP contribution in [-0.4, -0.2) is 55.3 Å². The molecule has 2 unspecified atom stereocenters. The molecule has 2 aliphatic heterocycles. The SMILES string of the molecule is O=C(NC1CCS(=O)(=O)C1)C1CCCN1C(=O)c1ccc(Br)cc1. The summed E-state index contributed by atoms with van der Waals surface area (Å²) in [6.07, 6.45) is 1.82. The standard InChI is InChI=1S/C16H19BrN2O4S/c17-12-5-3-11(4-6-12)16(21)19-8-1-2-14(19)15(20)18-13-7-9-24(22,23)10-13/h3-6,13-14H,1-2,7-10H2,(H,18,20). The van der Waals surface area contributed by atoms with Crippen LogP contribution in [-0.2, 0) is 14.6 Å². The molecule has 2 aliphatic rings. The lowest BCUT2D eigenvalue weighted by Crippen LogP contribution is -2.49. The first-order valence-electron chi connectivity index (χ1n) is 7.93. The van der Waals surface area contributed by atoms with E-state index in [1.54, 1.807) is 29.2 Å². The van der Waals surface area contributed by atoms with Crippen LogP contribution in [0.1, 0.15) is 29.6 Å². The molecule has 8 heteroatoms. The van der Waals surface area contributed by atoms with E-state index in [4.69, 9.17) is 0 Å². The Labute approximate surface area is 149 Å². The molecule has 1 N–H and O–H groups in total. The minimum atomic E-state index is -3.04. The predicted octanol–water partition coefficient (Wildman–Crippen LogP) is 1.36. The van der Waals surface area contributed by atoms with Gasteiger partial charge in [0.2, 0.25) is 5.91 Å². The second-order valence-electron chi connectivity index (χ2n) is 6.27. The lowest BCUT2D eigenvalue weighted by molar-refractivity contribution is -0.125. The second kappa shape index (κ2) is 6.84. The Morgan fingerprint density at radius 2 is 1.88 bits per heavy atom. The summed E-state index contributed by atoms with van der Waals surface area (Å²) in [6, 6.07) is 6.17. The van der Waals surface area contributed by atoms with Gasteiger partial charge in [-0.1, -0.05) is 15.9 Å². The zero-order valence-electron chi connectivity index (χ0n) is 13.1. The number of halogens is 1. The number of benzene rings is 1. The van der Waals surface area contributed by atoms with Crippen molar-refractivity contribution in [1.29, 1.82) is 0 Å². The van der Waals surface area contributed by atoms with Gasteiger partial charge in [-0.05, 0) is 43.5 Å². The van der Waals surface area contributed by atoms with Crippen LogP contribution in [0.25, 0.3) is 0 Å². The van der Waals surface area contributed by atoms with Gasteiger partial charge in [-0.25, -0.2) is 8.42 Å². The van der Waals surface area contributed by atoms with E-state index in [1.165, 1.54) is 0 Å². The number of likely N-dealkylation sites (tertiary alicyclic amines) is 1. The summed E-state index contributed by atoms with van der Waals surface area (Å²) in [6.45, 7) is 0.538. The van der Waals surface area contributed by atoms with E-state index in [2.05, 4.69) is 21.2 Å². The smallest absolute Gasteiger partial charge is 0.254 e. The maximum absolute atomic E-state index is 12.6. The van der Waals surface area contributed by atoms with E-state index in [0.29, 0.717) is 24.9 Å². The van der Waals surface area contributed by atoms with Gasteiger partial charge in [0.25, 0.3) is 5.91 Å². The first kappa shape index (κ1) is 17.4. The van der Waals surface area contributed by atoms with Gasteiger partial charge >= 0.3 is 0 Å². The molecule has 24 heavy (non-hydrogen) atoms. The number of sulfone groups is 1. The molecule has 2 fully saturated rings. The lowest BCUT2D eigenvalue weighted by Gasteiger charge is -2.25. The Hall–Kier alpha value is -1.41. The second-order valence-corrected chi connectivity index (χ2v) is 9.42. The normalized spacial score (nSPS) is 25.6. The third-order valence-corrected chi connectivity index (χ3v) is 6.78. The monoisotopic (exact) mass is 414 g/mol. The number of nitrogens with zero attached hydrogens (tertiary/aromatic N) is 1. The zero-order valence-corrected chi connectivity index (χ0v) is 15.5. The first-order valence-corrected chi connectivity index (χ1v) is 10.5. The molecule has 0 bridgehead atoms. The molecule has 6 nitrogen and oxygen atoms in total. The molecule has 2 amide bonds. The minimum absolute atomic E-state index is 0.00782. The number of carbonyl (C=O) groups excluding carboxylic acids is 2. The van der Waals surface area contributed by atoms with Gasteiger partial charge in [0.05, 0.1) is 11.5 Å². The molecule has 2 saturated heterocycles. The van der Waals surface area contributed by atoms with Crippen LogP contribution in [0.3, 0.4) is 0 Å². The van der Waals surface area contributed by atoms with E-state index in [-0.39, 0.29) is 29.4 Å². The Morgan fingerprint density at radius 1 is 1.17 bits per heavy atom. The lowest BCUT2D eigenvalue weighted by atomic mass is 10.1. The average molecular weight is 415 g/mol. The Balaban J connectivity index is 1.67. The first-order chi connectivity index (χ1) is 11.4. The van der Waals surface area contributed by atoms with Crippen molar-refractivity contribution in [2.24, 2.45) is 0 Å². The highest BCUT2D eigenvalue weighted by molar-refractivity contribution is 9.10. The summed E-state index contributed by atoms with van der Waals surface area (Å²) in [5.41, 5.74) is 0.543. The fourth-order valence-electron chi connectivity index (χ4n) is 3.25. The topological polar surface area (TPSA) is 83.6 Å². The van der Waals surface area contributed by atoms with Crippen LogP contribution >= 0.6 is 15.9 Å². The molecule has 3 rings (SSSR count). The summed E-state index contributed by atoms with van der Waals surface area (Å²) in [5, 5.41) is 2.80. The van der Waals surface area contributed by atoms with E-state index >= 15 is 0 Å². The largest absolute Gasteiger partial charge is 0.351 e. The van der Waals surface area contributed by atoms with E-state index < -0.39 is 15.9 Å². The summed E-state index contributed by atoms with van der Waals surface area (Å²) in [4.78, 5) is 26.7. The summed E-state index contributed by atoms with van der Waals surface area (Å²) in [5.74, 6) is -0.310. The minimum Gasteiger partial charge on any atom is -0.351 e. The summed E-state index contributed by atoms with van der Waals surface area (Å²) >= 11 is 3.33. The highest BCUT2D eigenvalue weighted by Gasteiger charge is 2.37. The Kier molecular flexibility index (Phi) is 4.96. The van der Waals surface area contributed by atoms with Gasteiger partial charge in [-0.3, -0.25) is 9.59 Å². The Morgan fingerprint density at radius 3 is 2.50 bits per heavy atom. The number of nitrogens with one attached hydrogen (secondary N) is 1. The predicted molar refractivity (Wildman–Crippen MR) is 93.4 cm³/mol. The van der Waals surface area contributed by atoms with Crippen molar-refractivity contribution < 1.29 is 18.0 Å². The highest BCUT2D eigenvalue weighted by Crippen LogP contribution is 2.22. The van der Waals surface area contributed by atoms with Gasteiger partial charge in [0.1, 0.15) is 6.04 Å². The van der Waals surface area contributed by atoms with Gasteiger partial charge in [-0.15, -0.1) is 0 Å². The van der Waals surface area contributed by atoms with Crippen molar-refractivity contribution in [3.05, 3.63) is 34.3 Å². The molecule has 0 aromatic heterocycles. The van der Waals surface area contributed by atoms with E-state index in [1.807, 2.05) is 0 Å². The average Bonchev–Trinajstić information content (AvgIpc) is 3.14. The van der Waals surface area contributed by atoms with Crippen LogP contribution < -0.4 is 5.32 Å². The third-order valence-electron chi connectivity index (χ3n) is 4.49. The molecule has 130 valence electrons. The van der Waals surface area contributed by atoms with Gasteiger partial charge in [-0.2, -0.15) is 0 Å². The van der Waals surface area contributed by atoms with Crippen LogP contribution in [0.4, 0.5) is 0 Å². The van der Waals surface area contributed by atoms with Crippen molar-refractivity contribution in [2.45, 2.75) is 31.3 Å². The molecule has 1 aromatic carbocycles. The molecule has 0 spiro atoms. The fourth-order valence-corrected chi connectivity index (χ4v) is 5.18. The number of rotatable bonds is 3. The van der Waals surface area contributed by atoms with Crippen LogP contribution in [0, 0.1) is 0 Å². The molecule has 0 radical (unpaired) electrons. The van der Waals surface area contributed by atoms with Gasteiger partial charge in [0, 0.05) is 22.6 Å². The quantitative estimate of drug-likeness (QED) is 0.808. The number of hydrogen-bond acceptors (Lipinski definition) is 4. The molecule has 0 saturated carbocycles.